The second kappa shape index (κ2) is 9.61. The summed E-state index contributed by atoms with van der Waals surface area (Å²) < 4.78 is 5.09. The van der Waals surface area contributed by atoms with Gasteiger partial charge >= 0.3 is 5.97 Å². The highest BCUT2D eigenvalue weighted by Crippen LogP contribution is 2.27. The molecule has 0 fully saturated rings. The number of rotatable bonds is 9. The third kappa shape index (κ3) is 6.33. The van der Waals surface area contributed by atoms with E-state index in [4.69, 9.17) is 4.74 Å². The molecule has 1 rings (SSSR count). The van der Waals surface area contributed by atoms with Crippen LogP contribution in [0.15, 0.2) is 24.3 Å². The molecule has 0 aliphatic heterocycles. The summed E-state index contributed by atoms with van der Waals surface area (Å²) in [5, 5.41) is 16.7. The molecule has 0 saturated heterocycles. The fourth-order valence-electron chi connectivity index (χ4n) is 2.17. The molecule has 1 unspecified atom stereocenters. The SMILES string of the molecule is CNCCC(=O)NC(CC(=O)OC(C)C)c1ccccc1[N+](=O)[O-]. The van der Waals surface area contributed by atoms with Crippen molar-refractivity contribution in [1.82, 2.24) is 10.6 Å². The van der Waals surface area contributed by atoms with Crippen molar-refractivity contribution in [2.75, 3.05) is 13.6 Å². The van der Waals surface area contributed by atoms with Crippen LogP contribution in [0.5, 0.6) is 0 Å². The lowest BCUT2D eigenvalue weighted by atomic mass is 10.0. The molecule has 2 N–H and O–H groups in total. The number of nitro groups is 1. The molecule has 0 saturated carbocycles. The summed E-state index contributed by atoms with van der Waals surface area (Å²) in [5.41, 5.74) is 0.134. The zero-order valence-corrected chi connectivity index (χ0v) is 14.1. The second-order valence-corrected chi connectivity index (χ2v) is 5.53. The van der Waals surface area contributed by atoms with Crippen LogP contribution in [0.2, 0.25) is 0 Å². The standard InChI is InChI=1S/C16H23N3O5/c1-11(2)24-16(21)10-13(18-15(20)8-9-17-3)12-6-4-5-7-14(12)19(22)23/h4-7,11,13,17H,8-10H2,1-3H3,(H,18,20). The lowest BCUT2D eigenvalue weighted by Crippen LogP contribution is -2.33. The molecule has 0 aliphatic carbocycles. The van der Waals surface area contributed by atoms with E-state index in [0.29, 0.717) is 6.54 Å². The van der Waals surface area contributed by atoms with Crippen molar-refractivity contribution in [3.05, 3.63) is 39.9 Å². The normalized spacial score (nSPS) is 11.8. The van der Waals surface area contributed by atoms with E-state index in [-0.39, 0.29) is 36.1 Å². The molecule has 1 aromatic rings. The number of nitrogens with one attached hydrogen (secondary N) is 2. The third-order valence-electron chi connectivity index (χ3n) is 3.18. The smallest absolute Gasteiger partial charge is 0.308 e. The summed E-state index contributed by atoms with van der Waals surface area (Å²) in [6.07, 6.45) is -0.273. The monoisotopic (exact) mass is 337 g/mol. The van der Waals surface area contributed by atoms with Gasteiger partial charge in [0.25, 0.3) is 5.69 Å². The van der Waals surface area contributed by atoms with E-state index in [2.05, 4.69) is 10.6 Å². The van der Waals surface area contributed by atoms with Crippen molar-refractivity contribution in [3.8, 4) is 0 Å². The largest absolute Gasteiger partial charge is 0.463 e. The van der Waals surface area contributed by atoms with Crippen LogP contribution in [0.4, 0.5) is 5.69 Å². The molecule has 1 amide bonds. The van der Waals surface area contributed by atoms with Gasteiger partial charge in [-0.2, -0.15) is 0 Å². The summed E-state index contributed by atoms with van der Waals surface area (Å²) >= 11 is 0. The van der Waals surface area contributed by atoms with Gasteiger partial charge in [-0.25, -0.2) is 0 Å². The predicted molar refractivity (Wildman–Crippen MR) is 88.4 cm³/mol. The maximum absolute atomic E-state index is 12.0. The van der Waals surface area contributed by atoms with Gasteiger partial charge in [0.2, 0.25) is 5.91 Å². The number of carbonyl (C=O) groups is 2. The highest BCUT2D eigenvalue weighted by Gasteiger charge is 2.26. The van der Waals surface area contributed by atoms with Gasteiger partial charge in [0.1, 0.15) is 0 Å². The van der Waals surface area contributed by atoms with Crippen LogP contribution in [0, 0.1) is 10.1 Å². The van der Waals surface area contributed by atoms with E-state index < -0.39 is 16.9 Å². The molecule has 24 heavy (non-hydrogen) atoms. The van der Waals surface area contributed by atoms with Crippen molar-refractivity contribution >= 4 is 17.6 Å². The van der Waals surface area contributed by atoms with Gasteiger partial charge in [-0.3, -0.25) is 19.7 Å². The summed E-state index contributed by atoms with van der Waals surface area (Å²) in [5.74, 6) is -0.827. The van der Waals surface area contributed by atoms with Crippen LogP contribution in [0.1, 0.15) is 38.3 Å². The van der Waals surface area contributed by atoms with Crippen LogP contribution in [-0.2, 0) is 14.3 Å². The Hall–Kier alpha value is -2.48. The molecule has 0 spiro atoms. The van der Waals surface area contributed by atoms with E-state index in [1.807, 2.05) is 0 Å². The number of amides is 1. The second-order valence-electron chi connectivity index (χ2n) is 5.53. The number of para-hydroxylation sites is 1. The predicted octanol–water partition coefficient (Wildman–Crippen LogP) is 1.70. The minimum Gasteiger partial charge on any atom is -0.463 e. The maximum atomic E-state index is 12.0. The van der Waals surface area contributed by atoms with Crippen LogP contribution in [0.25, 0.3) is 0 Å². The lowest BCUT2D eigenvalue weighted by molar-refractivity contribution is -0.385. The van der Waals surface area contributed by atoms with Gasteiger partial charge in [-0.15, -0.1) is 0 Å². The first-order valence-electron chi connectivity index (χ1n) is 7.72. The number of esters is 1. The minimum absolute atomic E-state index is 0.145. The molecule has 0 bridgehead atoms. The van der Waals surface area contributed by atoms with E-state index >= 15 is 0 Å². The number of benzene rings is 1. The number of ether oxygens (including phenoxy) is 1. The van der Waals surface area contributed by atoms with E-state index in [1.165, 1.54) is 18.2 Å². The Labute approximate surface area is 140 Å². The zero-order valence-electron chi connectivity index (χ0n) is 14.1. The molecule has 8 nitrogen and oxygen atoms in total. The number of nitro benzene ring substituents is 1. The van der Waals surface area contributed by atoms with E-state index in [0.717, 1.165) is 0 Å². The number of carbonyl (C=O) groups excluding carboxylic acids is 2. The first-order valence-corrected chi connectivity index (χ1v) is 7.72. The van der Waals surface area contributed by atoms with Crippen molar-refractivity contribution in [1.29, 1.82) is 0 Å². The van der Waals surface area contributed by atoms with Gasteiger partial charge in [-0.1, -0.05) is 18.2 Å². The van der Waals surface area contributed by atoms with Gasteiger partial charge in [0.05, 0.1) is 29.1 Å². The molecule has 1 atom stereocenters. The van der Waals surface area contributed by atoms with Crippen molar-refractivity contribution in [3.63, 3.8) is 0 Å². The topological polar surface area (TPSA) is 111 Å². The molecule has 8 heteroatoms. The van der Waals surface area contributed by atoms with Crippen molar-refractivity contribution < 1.29 is 19.2 Å². The summed E-state index contributed by atoms with van der Waals surface area (Å²) in [6.45, 7) is 3.89. The lowest BCUT2D eigenvalue weighted by Gasteiger charge is -2.19. The quantitative estimate of drug-likeness (QED) is 0.403. The average Bonchev–Trinajstić information content (AvgIpc) is 2.51. The Morgan fingerprint density at radius 2 is 1.96 bits per heavy atom. The molecule has 1 aromatic carbocycles. The number of nitrogens with zero attached hydrogens (tertiary/aromatic N) is 1. The first kappa shape index (κ1) is 19.6. The Morgan fingerprint density at radius 3 is 2.54 bits per heavy atom. The molecule has 0 heterocycles. The van der Waals surface area contributed by atoms with Crippen LogP contribution < -0.4 is 10.6 Å². The highest BCUT2D eigenvalue weighted by molar-refractivity contribution is 5.78. The molecular weight excluding hydrogens is 314 g/mol. The summed E-state index contributed by atoms with van der Waals surface area (Å²) in [4.78, 5) is 34.6. The Balaban J connectivity index is 3.02. The van der Waals surface area contributed by atoms with Crippen molar-refractivity contribution in [2.24, 2.45) is 0 Å². The first-order chi connectivity index (χ1) is 11.3. The minimum atomic E-state index is -0.817. The third-order valence-corrected chi connectivity index (χ3v) is 3.18. The Kier molecular flexibility index (Phi) is 7.84. The zero-order chi connectivity index (χ0) is 18.1. The number of hydrogen-bond donors (Lipinski definition) is 2. The van der Waals surface area contributed by atoms with Crippen LogP contribution in [-0.4, -0.2) is 36.5 Å². The van der Waals surface area contributed by atoms with Crippen LogP contribution in [0.3, 0.4) is 0 Å². The molecule has 0 aromatic heterocycles. The van der Waals surface area contributed by atoms with Crippen molar-refractivity contribution in [2.45, 2.75) is 38.8 Å². The Bertz CT molecular complexity index is 589. The summed E-state index contributed by atoms with van der Waals surface area (Å²) in [7, 11) is 1.72. The number of hydrogen-bond acceptors (Lipinski definition) is 6. The molecular formula is C16H23N3O5. The van der Waals surface area contributed by atoms with E-state index in [9.17, 15) is 19.7 Å². The Morgan fingerprint density at radius 1 is 1.29 bits per heavy atom. The van der Waals surface area contributed by atoms with Crippen LogP contribution >= 0.6 is 0 Å². The van der Waals surface area contributed by atoms with Gasteiger partial charge in [-0.05, 0) is 20.9 Å². The van der Waals surface area contributed by atoms with Gasteiger partial charge in [0, 0.05) is 19.0 Å². The highest BCUT2D eigenvalue weighted by atomic mass is 16.6. The van der Waals surface area contributed by atoms with E-state index in [1.54, 1.807) is 27.0 Å². The molecule has 0 radical (unpaired) electrons. The van der Waals surface area contributed by atoms with Gasteiger partial charge in [0.15, 0.2) is 0 Å². The average molecular weight is 337 g/mol. The summed E-state index contributed by atoms with van der Waals surface area (Å²) in [6, 6.07) is 5.22. The maximum Gasteiger partial charge on any atom is 0.308 e. The fourth-order valence-corrected chi connectivity index (χ4v) is 2.17. The van der Waals surface area contributed by atoms with Gasteiger partial charge < -0.3 is 15.4 Å². The molecule has 0 aliphatic rings. The fraction of sp³-hybridized carbons (Fsp3) is 0.500. The molecule has 132 valence electrons.